The van der Waals surface area contributed by atoms with E-state index in [0.29, 0.717) is 17.1 Å². The van der Waals surface area contributed by atoms with E-state index in [4.69, 9.17) is 17.3 Å². The van der Waals surface area contributed by atoms with E-state index in [1.807, 2.05) is 30.3 Å². The van der Waals surface area contributed by atoms with Gasteiger partial charge in [-0.25, -0.2) is 4.39 Å². The largest absolute Gasteiger partial charge is 0.383 e. The molecule has 0 amide bonds. The van der Waals surface area contributed by atoms with Gasteiger partial charge < -0.3 is 5.73 Å². The minimum absolute atomic E-state index is 0.0489. The smallest absolute Gasteiger partial charge is 0.142 e. The molecule has 1 heterocycles. The molecule has 0 saturated carbocycles. The average Bonchev–Trinajstić information content (AvgIpc) is 2.78. The molecule has 0 atom stereocenters. The topological polar surface area (TPSA) is 43.8 Å². The van der Waals surface area contributed by atoms with Gasteiger partial charge in [-0.1, -0.05) is 54.1 Å². The lowest BCUT2D eigenvalue weighted by Gasteiger charge is -2.06. The van der Waals surface area contributed by atoms with E-state index in [2.05, 4.69) is 5.10 Å². The summed E-state index contributed by atoms with van der Waals surface area (Å²) in [5.74, 6) is 0.0360. The van der Waals surface area contributed by atoms with Gasteiger partial charge in [-0.05, 0) is 11.6 Å². The molecule has 0 radical (unpaired) electrons. The van der Waals surface area contributed by atoms with Crippen molar-refractivity contribution in [3.05, 3.63) is 59.4 Å². The molecule has 0 aliphatic carbocycles. The van der Waals surface area contributed by atoms with Crippen molar-refractivity contribution in [1.82, 2.24) is 9.78 Å². The Labute approximate surface area is 126 Å². The molecule has 0 aliphatic heterocycles. The highest BCUT2D eigenvalue weighted by atomic mass is 35.5. The minimum Gasteiger partial charge on any atom is -0.383 e. The molecular weight excluding hydrogens is 289 g/mol. The molecule has 21 heavy (non-hydrogen) atoms. The van der Waals surface area contributed by atoms with Crippen molar-refractivity contribution in [3.8, 4) is 22.4 Å². The highest BCUT2D eigenvalue weighted by molar-refractivity contribution is 6.33. The lowest BCUT2D eigenvalue weighted by atomic mass is 10.0. The van der Waals surface area contributed by atoms with Crippen LogP contribution in [0.2, 0.25) is 5.02 Å². The molecule has 0 saturated heterocycles. The third-order valence-electron chi connectivity index (χ3n) is 3.36. The molecule has 0 spiro atoms. The van der Waals surface area contributed by atoms with E-state index in [1.54, 1.807) is 23.9 Å². The molecule has 0 bridgehead atoms. The van der Waals surface area contributed by atoms with Crippen molar-refractivity contribution in [1.29, 1.82) is 0 Å². The van der Waals surface area contributed by atoms with Crippen LogP contribution < -0.4 is 5.73 Å². The maximum absolute atomic E-state index is 13.7. The van der Waals surface area contributed by atoms with Gasteiger partial charge in [0, 0.05) is 12.6 Å². The second-order valence-corrected chi connectivity index (χ2v) is 5.08. The molecule has 1 aromatic heterocycles. The van der Waals surface area contributed by atoms with E-state index in [0.717, 1.165) is 11.1 Å². The fourth-order valence-corrected chi connectivity index (χ4v) is 2.52. The predicted octanol–water partition coefficient (Wildman–Crippen LogP) is 4.13. The number of benzene rings is 2. The number of nitrogen functional groups attached to an aromatic ring is 1. The molecule has 106 valence electrons. The Balaban J connectivity index is 2.30. The summed E-state index contributed by atoms with van der Waals surface area (Å²) in [5.41, 5.74) is 8.90. The zero-order chi connectivity index (χ0) is 15.0. The molecule has 3 rings (SSSR count). The molecule has 5 heteroatoms. The summed E-state index contributed by atoms with van der Waals surface area (Å²) in [6, 6.07) is 14.3. The van der Waals surface area contributed by atoms with Gasteiger partial charge in [0.2, 0.25) is 0 Å². The quantitative estimate of drug-likeness (QED) is 0.773. The van der Waals surface area contributed by atoms with Gasteiger partial charge in [0.25, 0.3) is 0 Å². The zero-order valence-corrected chi connectivity index (χ0v) is 12.1. The van der Waals surface area contributed by atoms with Crippen LogP contribution in [0.15, 0.2) is 48.5 Å². The summed E-state index contributed by atoms with van der Waals surface area (Å²) in [6.45, 7) is 0. The van der Waals surface area contributed by atoms with Crippen molar-refractivity contribution in [3.63, 3.8) is 0 Å². The first-order valence-corrected chi connectivity index (χ1v) is 6.79. The van der Waals surface area contributed by atoms with Crippen molar-refractivity contribution in [2.24, 2.45) is 7.05 Å². The van der Waals surface area contributed by atoms with Crippen LogP contribution in [0.5, 0.6) is 0 Å². The normalized spacial score (nSPS) is 10.8. The fourth-order valence-electron chi connectivity index (χ4n) is 2.30. The fraction of sp³-hybridized carbons (Fsp3) is 0.0625. The number of hydrogen-bond acceptors (Lipinski definition) is 2. The van der Waals surface area contributed by atoms with Gasteiger partial charge in [-0.2, -0.15) is 5.10 Å². The number of nitrogens with two attached hydrogens (primary N) is 1. The van der Waals surface area contributed by atoms with Crippen LogP contribution in [-0.4, -0.2) is 9.78 Å². The van der Waals surface area contributed by atoms with Crippen molar-refractivity contribution in [2.45, 2.75) is 0 Å². The zero-order valence-electron chi connectivity index (χ0n) is 11.3. The number of anilines is 1. The Hall–Kier alpha value is -2.33. The van der Waals surface area contributed by atoms with Gasteiger partial charge in [-0.15, -0.1) is 0 Å². The second-order valence-electron chi connectivity index (χ2n) is 4.70. The Kier molecular flexibility index (Phi) is 3.39. The van der Waals surface area contributed by atoms with Gasteiger partial charge in [0.05, 0.1) is 10.6 Å². The van der Waals surface area contributed by atoms with E-state index >= 15 is 0 Å². The van der Waals surface area contributed by atoms with Crippen LogP contribution in [0.4, 0.5) is 10.2 Å². The number of aromatic nitrogens is 2. The Bertz CT molecular complexity index is 797. The highest BCUT2D eigenvalue weighted by Crippen LogP contribution is 2.39. The summed E-state index contributed by atoms with van der Waals surface area (Å²) in [4.78, 5) is 0. The Morgan fingerprint density at radius 1 is 1.10 bits per heavy atom. The van der Waals surface area contributed by atoms with E-state index < -0.39 is 5.82 Å². The van der Waals surface area contributed by atoms with Crippen LogP contribution >= 0.6 is 11.6 Å². The molecule has 0 fully saturated rings. The van der Waals surface area contributed by atoms with Gasteiger partial charge in [0.15, 0.2) is 0 Å². The van der Waals surface area contributed by atoms with Crippen molar-refractivity contribution in [2.75, 3.05) is 5.73 Å². The third kappa shape index (κ3) is 2.28. The first kappa shape index (κ1) is 13.6. The SMILES string of the molecule is Cn1nc(-c2cccc(F)c2Cl)c(-c2ccccc2)c1N. The molecule has 3 aromatic rings. The lowest BCUT2D eigenvalue weighted by molar-refractivity contribution is 0.628. The molecule has 0 unspecified atom stereocenters. The molecule has 2 aromatic carbocycles. The summed E-state index contributed by atoms with van der Waals surface area (Å²) in [6.07, 6.45) is 0. The van der Waals surface area contributed by atoms with Crippen molar-refractivity contribution < 1.29 is 4.39 Å². The standard InChI is InChI=1S/C16H13ClFN3/c1-21-16(19)13(10-6-3-2-4-7-10)15(20-21)11-8-5-9-12(18)14(11)17/h2-9H,19H2,1H3. The molecule has 3 nitrogen and oxygen atoms in total. The van der Waals surface area contributed by atoms with E-state index in [1.165, 1.54) is 6.07 Å². The average molecular weight is 302 g/mol. The first-order valence-electron chi connectivity index (χ1n) is 6.42. The van der Waals surface area contributed by atoms with E-state index in [9.17, 15) is 4.39 Å². The molecular formula is C16H13ClFN3. The summed E-state index contributed by atoms with van der Waals surface area (Å²) >= 11 is 6.08. The van der Waals surface area contributed by atoms with Gasteiger partial charge >= 0.3 is 0 Å². The predicted molar refractivity (Wildman–Crippen MR) is 83.5 cm³/mol. The van der Waals surface area contributed by atoms with Crippen molar-refractivity contribution >= 4 is 17.4 Å². The minimum atomic E-state index is -0.475. The van der Waals surface area contributed by atoms with Crippen LogP contribution in [0.25, 0.3) is 22.4 Å². The van der Waals surface area contributed by atoms with Gasteiger partial charge in [0.1, 0.15) is 17.3 Å². The maximum Gasteiger partial charge on any atom is 0.142 e. The van der Waals surface area contributed by atoms with Gasteiger partial charge in [-0.3, -0.25) is 4.68 Å². The summed E-state index contributed by atoms with van der Waals surface area (Å²) < 4.78 is 15.3. The van der Waals surface area contributed by atoms with Crippen LogP contribution in [-0.2, 0) is 7.05 Å². The molecule has 2 N–H and O–H groups in total. The first-order chi connectivity index (χ1) is 10.1. The molecule has 0 aliphatic rings. The summed E-state index contributed by atoms with van der Waals surface area (Å²) in [7, 11) is 1.75. The monoisotopic (exact) mass is 301 g/mol. The number of rotatable bonds is 2. The van der Waals surface area contributed by atoms with Crippen LogP contribution in [0.3, 0.4) is 0 Å². The highest BCUT2D eigenvalue weighted by Gasteiger charge is 2.20. The number of aryl methyl sites for hydroxylation is 1. The number of nitrogens with zero attached hydrogens (tertiary/aromatic N) is 2. The second kappa shape index (κ2) is 5.22. The third-order valence-corrected chi connectivity index (χ3v) is 3.74. The van der Waals surface area contributed by atoms with E-state index in [-0.39, 0.29) is 5.02 Å². The maximum atomic E-state index is 13.7. The number of halogens is 2. The van der Waals surface area contributed by atoms with Crippen LogP contribution in [0, 0.1) is 5.82 Å². The number of hydrogen-bond donors (Lipinski definition) is 1. The lowest BCUT2D eigenvalue weighted by Crippen LogP contribution is -1.97. The Morgan fingerprint density at radius 2 is 1.81 bits per heavy atom. The Morgan fingerprint density at radius 3 is 2.52 bits per heavy atom. The summed E-state index contributed by atoms with van der Waals surface area (Å²) in [5, 5.41) is 4.45. The van der Waals surface area contributed by atoms with Crippen LogP contribution in [0.1, 0.15) is 0 Å².